The van der Waals surface area contributed by atoms with Gasteiger partial charge in [-0.1, -0.05) is 42.5 Å². The zero-order chi connectivity index (χ0) is 18.1. The summed E-state index contributed by atoms with van der Waals surface area (Å²) in [5.74, 6) is 0.348. The molecular formula is C22H19NO3. The summed E-state index contributed by atoms with van der Waals surface area (Å²) in [4.78, 5) is 15.3. The van der Waals surface area contributed by atoms with Crippen LogP contribution in [0.1, 0.15) is 17.0 Å². The molecule has 0 aromatic heterocycles. The van der Waals surface area contributed by atoms with Crippen LogP contribution in [0.15, 0.2) is 72.8 Å². The molecule has 3 aromatic rings. The van der Waals surface area contributed by atoms with Crippen LogP contribution in [0.5, 0.6) is 11.5 Å². The minimum Gasteiger partial charge on any atom is -0.496 e. The third-order valence-electron chi connectivity index (χ3n) is 4.72. The smallest absolute Gasteiger partial charge is 0.323 e. The molecule has 0 spiro atoms. The van der Waals surface area contributed by atoms with Crippen LogP contribution in [0.2, 0.25) is 0 Å². The number of anilines is 2. The first-order chi connectivity index (χ1) is 12.7. The van der Waals surface area contributed by atoms with Crippen molar-refractivity contribution in [2.45, 2.75) is 5.92 Å². The Kier molecular flexibility index (Phi) is 4.09. The van der Waals surface area contributed by atoms with Gasteiger partial charge in [-0.2, -0.15) is 0 Å². The lowest BCUT2D eigenvalue weighted by molar-refractivity contribution is -0.135. The Balaban J connectivity index is 1.86. The molecule has 0 radical (unpaired) electrons. The molecule has 4 nitrogen and oxygen atoms in total. The molecule has 0 aliphatic carbocycles. The van der Waals surface area contributed by atoms with Crippen molar-refractivity contribution in [1.29, 1.82) is 0 Å². The van der Waals surface area contributed by atoms with E-state index >= 15 is 0 Å². The molecule has 26 heavy (non-hydrogen) atoms. The van der Waals surface area contributed by atoms with Crippen molar-refractivity contribution in [3.05, 3.63) is 83.9 Å². The topological polar surface area (TPSA) is 38.8 Å². The molecule has 1 heterocycles. The van der Waals surface area contributed by atoms with Gasteiger partial charge >= 0.3 is 5.97 Å². The summed E-state index contributed by atoms with van der Waals surface area (Å²) >= 11 is 0. The molecule has 3 aromatic carbocycles. The Morgan fingerprint density at radius 3 is 2.35 bits per heavy atom. The number of benzene rings is 3. The summed E-state index contributed by atoms with van der Waals surface area (Å²) in [5.41, 5.74) is 3.67. The molecule has 0 fully saturated rings. The summed E-state index contributed by atoms with van der Waals surface area (Å²) in [6.07, 6.45) is 0. The second-order valence-electron chi connectivity index (χ2n) is 6.18. The number of ether oxygens (including phenoxy) is 2. The average Bonchev–Trinajstić information content (AvgIpc) is 2.68. The van der Waals surface area contributed by atoms with Crippen LogP contribution >= 0.6 is 0 Å². The van der Waals surface area contributed by atoms with E-state index in [1.165, 1.54) is 0 Å². The van der Waals surface area contributed by atoms with Crippen molar-refractivity contribution in [1.82, 2.24) is 0 Å². The quantitative estimate of drug-likeness (QED) is 0.517. The minimum absolute atomic E-state index is 0.317. The van der Waals surface area contributed by atoms with Gasteiger partial charge in [0.05, 0.1) is 7.11 Å². The lowest BCUT2D eigenvalue weighted by Crippen LogP contribution is -2.29. The van der Waals surface area contributed by atoms with E-state index in [1.807, 2.05) is 67.7 Å². The van der Waals surface area contributed by atoms with Crippen LogP contribution in [0.3, 0.4) is 0 Å². The highest BCUT2D eigenvalue weighted by molar-refractivity contribution is 5.93. The molecule has 0 saturated heterocycles. The van der Waals surface area contributed by atoms with Crippen LogP contribution in [-0.4, -0.2) is 20.1 Å². The second-order valence-corrected chi connectivity index (χ2v) is 6.18. The summed E-state index contributed by atoms with van der Waals surface area (Å²) < 4.78 is 11.3. The first-order valence-corrected chi connectivity index (χ1v) is 8.47. The molecule has 0 N–H and O–H groups in total. The van der Waals surface area contributed by atoms with Crippen LogP contribution in [-0.2, 0) is 4.79 Å². The number of carbonyl (C=O) groups is 1. The number of carbonyl (C=O) groups excluding carboxylic acids is 1. The monoisotopic (exact) mass is 345 g/mol. The highest BCUT2D eigenvalue weighted by Crippen LogP contribution is 2.48. The third kappa shape index (κ3) is 2.60. The van der Waals surface area contributed by atoms with Gasteiger partial charge in [0.1, 0.15) is 17.4 Å². The molecule has 130 valence electrons. The van der Waals surface area contributed by atoms with Gasteiger partial charge < -0.3 is 14.4 Å². The maximum atomic E-state index is 13.2. The maximum absolute atomic E-state index is 13.2. The highest BCUT2D eigenvalue weighted by Gasteiger charge is 2.37. The standard InChI is InChI=1S/C22H19NO3/c1-23-17-12-7-6-11-16(17)20(21-18(23)13-8-14-19(21)25-2)22(24)26-15-9-4-3-5-10-15/h3-14,20H,1-2H3. The van der Waals surface area contributed by atoms with E-state index in [9.17, 15) is 4.79 Å². The van der Waals surface area contributed by atoms with Gasteiger partial charge in [0.25, 0.3) is 0 Å². The summed E-state index contributed by atoms with van der Waals surface area (Å²) in [5, 5.41) is 0. The summed E-state index contributed by atoms with van der Waals surface area (Å²) in [6.45, 7) is 0. The Morgan fingerprint density at radius 2 is 1.58 bits per heavy atom. The van der Waals surface area contributed by atoms with Crippen LogP contribution in [0.4, 0.5) is 11.4 Å². The third-order valence-corrected chi connectivity index (χ3v) is 4.72. The molecule has 0 amide bonds. The normalized spacial score (nSPS) is 15.0. The SMILES string of the molecule is COc1cccc2c1C(C(=O)Oc1ccccc1)c1ccccc1N2C. The molecular weight excluding hydrogens is 326 g/mol. The molecule has 1 unspecified atom stereocenters. The van der Waals surface area contributed by atoms with E-state index in [0.717, 1.165) is 22.5 Å². The maximum Gasteiger partial charge on any atom is 0.323 e. The molecule has 1 aliphatic heterocycles. The van der Waals surface area contributed by atoms with Gasteiger partial charge in [-0.05, 0) is 35.9 Å². The number of methoxy groups -OCH3 is 1. The Morgan fingerprint density at radius 1 is 0.885 bits per heavy atom. The first-order valence-electron chi connectivity index (χ1n) is 8.47. The summed E-state index contributed by atoms with van der Waals surface area (Å²) in [7, 11) is 3.62. The van der Waals surface area contributed by atoms with Crippen LogP contribution in [0.25, 0.3) is 0 Å². The Hall–Kier alpha value is -3.27. The predicted octanol–water partition coefficient (Wildman–Crippen LogP) is 4.51. The van der Waals surface area contributed by atoms with Crippen molar-refractivity contribution < 1.29 is 14.3 Å². The molecule has 0 saturated carbocycles. The van der Waals surface area contributed by atoms with E-state index in [4.69, 9.17) is 9.47 Å². The van der Waals surface area contributed by atoms with E-state index in [0.29, 0.717) is 11.5 Å². The number of rotatable bonds is 3. The Bertz CT molecular complexity index is 953. The second kappa shape index (κ2) is 6.56. The largest absolute Gasteiger partial charge is 0.496 e. The Labute approximate surface area is 152 Å². The number of hydrogen-bond donors (Lipinski definition) is 0. The fourth-order valence-corrected chi connectivity index (χ4v) is 3.52. The number of fused-ring (bicyclic) bond motifs is 2. The van der Waals surface area contributed by atoms with Crippen molar-refractivity contribution >= 4 is 17.3 Å². The number of hydrogen-bond acceptors (Lipinski definition) is 4. The molecule has 1 atom stereocenters. The van der Waals surface area contributed by atoms with E-state index in [2.05, 4.69) is 4.90 Å². The number of nitrogens with zero attached hydrogens (tertiary/aromatic N) is 1. The van der Waals surface area contributed by atoms with Gasteiger partial charge in [-0.15, -0.1) is 0 Å². The zero-order valence-corrected chi connectivity index (χ0v) is 14.7. The van der Waals surface area contributed by atoms with Gasteiger partial charge in [0.2, 0.25) is 0 Å². The number of esters is 1. The van der Waals surface area contributed by atoms with Crippen molar-refractivity contribution in [2.24, 2.45) is 0 Å². The van der Waals surface area contributed by atoms with Crippen molar-refractivity contribution in [3.8, 4) is 11.5 Å². The number of para-hydroxylation sites is 2. The predicted molar refractivity (Wildman–Crippen MR) is 101 cm³/mol. The molecule has 4 heteroatoms. The van der Waals surface area contributed by atoms with Crippen LogP contribution < -0.4 is 14.4 Å². The van der Waals surface area contributed by atoms with Crippen molar-refractivity contribution in [3.63, 3.8) is 0 Å². The van der Waals surface area contributed by atoms with E-state index < -0.39 is 5.92 Å². The molecule has 4 rings (SSSR count). The van der Waals surface area contributed by atoms with Gasteiger partial charge in [0.15, 0.2) is 0 Å². The van der Waals surface area contributed by atoms with Gasteiger partial charge in [0, 0.05) is 24.0 Å². The van der Waals surface area contributed by atoms with Gasteiger partial charge in [-0.25, -0.2) is 0 Å². The average molecular weight is 345 g/mol. The van der Waals surface area contributed by atoms with Gasteiger partial charge in [-0.3, -0.25) is 4.79 Å². The first kappa shape index (κ1) is 16.2. The molecule has 1 aliphatic rings. The fraction of sp³-hybridized carbons (Fsp3) is 0.136. The lowest BCUT2D eigenvalue weighted by atomic mass is 9.84. The van der Waals surface area contributed by atoms with Crippen molar-refractivity contribution in [2.75, 3.05) is 19.1 Å². The van der Waals surface area contributed by atoms with Crippen LogP contribution in [0, 0.1) is 0 Å². The zero-order valence-electron chi connectivity index (χ0n) is 14.7. The minimum atomic E-state index is -0.547. The fourth-order valence-electron chi connectivity index (χ4n) is 3.52. The summed E-state index contributed by atoms with van der Waals surface area (Å²) in [6, 6.07) is 22.8. The van der Waals surface area contributed by atoms with E-state index in [-0.39, 0.29) is 5.97 Å². The van der Waals surface area contributed by atoms with E-state index in [1.54, 1.807) is 19.2 Å². The molecule has 0 bridgehead atoms. The lowest BCUT2D eigenvalue weighted by Gasteiger charge is -2.35. The highest BCUT2D eigenvalue weighted by atomic mass is 16.5.